The van der Waals surface area contributed by atoms with Crippen molar-refractivity contribution in [3.63, 3.8) is 0 Å². The first-order chi connectivity index (χ1) is 13.4. The summed E-state index contributed by atoms with van der Waals surface area (Å²) in [4.78, 5) is 20.2. The second-order valence-corrected chi connectivity index (χ2v) is 7.63. The van der Waals surface area contributed by atoms with Gasteiger partial charge < -0.3 is 9.64 Å². The first-order valence-corrected chi connectivity index (χ1v) is 9.83. The number of fused-ring (bicyclic) bond motifs is 1. The average Bonchev–Trinajstić information content (AvgIpc) is 3.15. The third-order valence-corrected chi connectivity index (χ3v) is 5.15. The maximum Gasteiger partial charge on any atom is 0.254 e. The molecule has 146 valence electrons. The molecule has 4 rings (SSSR count). The monoisotopic (exact) mass is 378 g/mol. The Morgan fingerprint density at radius 1 is 1.21 bits per heavy atom. The summed E-state index contributed by atoms with van der Waals surface area (Å²) < 4.78 is 7.66. The highest BCUT2D eigenvalue weighted by molar-refractivity contribution is 6.07. The molecule has 3 aromatic rings. The van der Waals surface area contributed by atoms with E-state index in [0.717, 1.165) is 34.3 Å². The maximum absolute atomic E-state index is 13.5. The van der Waals surface area contributed by atoms with Crippen LogP contribution < -0.4 is 0 Å². The van der Waals surface area contributed by atoms with Gasteiger partial charge in [-0.15, -0.1) is 0 Å². The Hall–Kier alpha value is -2.73. The van der Waals surface area contributed by atoms with Gasteiger partial charge in [0.2, 0.25) is 0 Å². The topological polar surface area (TPSA) is 60.2 Å². The predicted octanol–water partition coefficient (Wildman–Crippen LogP) is 3.68. The molecular weight excluding hydrogens is 352 g/mol. The van der Waals surface area contributed by atoms with Crippen LogP contribution in [0, 0.1) is 6.92 Å². The van der Waals surface area contributed by atoms with Crippen LogP contribution in [0.3, 0.4) is 0 Å². The van der Waals surface area contributed by atoms with Gasteiger partial charge in [0, 0.05) is 36.8 Å². The number of ether oxygens (including phenoxy) is 1. The first-order valence-electron chi connectivity index (χ1n) is 9.83. The largest absolute Gasteiger partial charge is 0.372 e. The van der Waals surface area contributed by atoms with Crippen LogP contribution in [0.25, 0.3) is 22.2 Å². The molecule has 1 saturated heterocycles. The van der Waals surface area contributed by atoms with Crippen LogP contribution in [0.1, 0.15) is 36.7 Å². The first kappa shape index (κ1) is 18.6. The minimum atomic E-state index is 0.0316. The summed E-state index contributed by atoms with van der Waals surface area (Å²) >= 11 is 0. The maximum atomic E-state index is 13.5. The third-order valence-electron chi connectivity index (χ3n) is 5.15. The molecule has 1 aliphatic heterocycles. The van der Waals surface area contributed by atoms with Crippen molar-refractivity contribution in [3.05, 3.63) is 47.8 Å². The number of hydrogen-bond donors (Lipinski definition) is 0. The van der Waals surface area contributed by atoms with Crippen LogP contribution in [-0.4, -0.2) is 50.9 Å². The fraction of sp³-hybridized carbons (Fsp3) is 0.409. The Morgan fingerprint density at radius 3 is 2.64 bits per heavy atom. The summed E-state index contributed by atoms with van der Waals surface area (Å²) in [7, 11) is 0. The Balaban J connectivity index is 1.82. The summed E-state index contributed by atoms with van der Waals surface area (Å²) in [6, 6.07) is 7.97. The highest BCUT2D eigenvalue weighted by Crippen LogP contribution is 2.27. The van der Waals surface area contributed by atoms with Crippen molar-refractivity contribution < 1.29 is 9.53 Å². The number of aryl methyl sites for hydroxylation is 2. The van der Waals surface area contributed by atoms with E-state index in [1.807, 2.05) is 67.7 Å². The fourth-order valence-electron chi connectivity index (χ4n) is 3.85. The molecule has 0 spiro atoms. The number of rotatable bonds is 3. The summed E-state index contributed by atoms with van der Waals surface area (Å²) in [5.41, 5.74) is 4.31. The Morgan fingerprint density at radius 2 is 1.96 bits per heavy atom. The van der Waals surface area contributed by atoms with Crippen LogP contribution >= 0.6 is 0 Å². The molecule has 0 radical (unpaired) electrons. The van der Waals surface area contributed by atoms with E-state index in [0.29, 0.717) is 18.7 Å². The van der Waals surface area contributed by atoms with Gasteiger partial charge in [0.05, 0.1) is 35.2 Å². The molecule has 1 amide bonds. The lowest BCUT2D eigenvalue weighted by Gasteiger charge is -2.35. The molecule has 6 heteroatoms. The van der Waals surface area contributed by atoms with Crippen LogP contribution in [0.2, 0.25) is 0 Å². The number of carbonyl (C=O) groups is 1. The van der Waals surface area contributed by atoms with Crippen LogP contribution in [0.4, 0.5) is 0 Å². The number of aromatic nitrogens is 3. The summed E-state index contributed by atoms with van der Waals surface area (Å²) in [5, 5.41) is 5.25. The van der Waals surface area contributed by atoms with E-state index in [4.69, 9.17) is 9.72 Å². The molecular formula is C22H26N4O2. The zero-order valence-electron chi connectivity index (χ0n) is 16.8. The zero-order chi connectivity index (χ0) is 19.8. The molecule has 28 heavy (non-hydrogen) atoms. The lowest BCUT2D eigenvalue weighted by molar-refractivity contribution is -0.0585. The van der Waals surface area contributed by atoms with Crippen molar-refractivity contribution in [2.45, 2.75) is 46.4 Å². The predicted molar refractivity (Wildman–Crippen MR) is 109 cm³/mol. The van der Waals surface area contributed by atoms with E-state index in [-0.39, 0.29) is 18.1 Å². The van der Waals surface area contributed by atoms with Crippen molar-refractivity contribution in [1.82, 2.24) is 19.7 Å². The number of carbonyl (C=O) groups excluding carboxylic acids is 1. The minimum Gasteiger partial charge on any atom is -0.372 e. The van der Waals surface area contributed by atoms with Crippen LogP contribution in [0.15, 0.2) is 36.7 Å². The van der Waals surface area contributed by atoms with Crippen molar-refractivity contribution in [1.29, 1.82) is 0 Å². The third kappa shape index (κ3) is 3.52. The molecule has 2 aromatic heterocycles. The molecule has 0 unspecified atom stereocenters. The van der Waals surface area contributed by atoms with Crippen LogP contribution in [-0.2, 0) is 11.3 Å². The fourth-order valence-corrected chi connectivity index (χ4v) is 3.85. The number of nitrogens with zero attached hydrogens (tertiary/aromatic N) is 4. The summed E-state index contributed by atoms with van der Waals surface area (Å²) in [5.74, 6) is 0.0316. The van der Waals surface area contributed by atoms with Gasteiger partial charge in [0.1, 0.15) is 0 Å². The molecule has 2 atom stereocenters. The van der Waals surface area contributed by atoms with Crippen molar-refractivity contribution in [2.75, 3.05) is 13.1 Å². The standard InChI is InChI=1S/C22H26N4O2/c1-5-26-13-17(10-23-26)21-9-19(18-8-14(2)6-7-20(18)24-21)22(27)25-11-15(3)28-16(4)12-25/h6-10,13,15-16H,5,11-12H2,1-4H3/t15-,16+. The van der Waals surface area contributed by atoms with E-state index >= 15 is 0 Å². The number of morpholine rings is 1. The van der Waals surface area contributed by atoms with Gasteiger partial charge in [0.15, 0.2) is 0 Å². The minimum absolute atomic E-state index is 0.0316. The molecule has 0 N–H and O–H groups in total. The molecule has 1 aliphatic rings. The second kappa shape index (κ2) is 7.36. The van der Waals surface area contributed by atoms with Gasteiger partial charge in [-0.1, -0.05) is 11.6 Å². The number of benzene rings is 1. The van der Waals surface area contributed by atoms with E-state index in [9.17, 15) is 4.79 Å². The molecule has 6 nitrogen and oxygen atoms in total. The smallest absolute Gasteiger partial charge is 0.254 e. The molecule has 0 saturated carbocycles. The van der Waals surface area contributed by atoms with Gasteiger partial charge in [-0.05, 0) is 45.9 Å². The normalized spacial score (nSPS) is 19.9. The zero-order valence-corrected chi connectivity index (χ0v) is 16.8. The van der Waals surface area contributed by atoms with Crippen molar-refractivity contribution in [2.24, 2.45) is 0 Å². The van der Waals surface area contributed by atoms with Gasteiger partial charge in [-0.3, -0.25) is 9.48 Å². The molecule has 0 aliphatic carbocycles. The summed E-state index contributed by atoms with van der Waals surface area (Å²) in [6.07, 6.45) is 3.84. The Kier molecular flexibility index (Phi) is 4.89. The van der Waals surface area contributed by atoms with Gasteiger partial charge in [0.25, 0.3) is 5.91 Å². The Labute approximate surface area is 165 Å². The van der Waals surface area contributed by atoms with E-state index in [1.165, 1.54) is 0 Å². The van der Waals surface area contributed by atoms with Gasteiger partial charge >= 0.3 is 0 Å². The quantitative estimate of drug-likeness (QED) is 0.698. The van der Waals surface area contributed by atoms with Crippen molar-refractivity contribution in [3.8, 4) is 11.3 Å². The van der Waals surface area contributed by atoms with Crippen LogP contribution in [0.5, 0.6) is 0 Å². The Bertz CT molecular complexity index is 1020. The van der Waals surface area contributed by atoms with Gasteiger partial charge in [-0.25, -0.2) is 4.98 Å². The van der Waals surface area contributed by atoms with Gasteiger partial charge in [-0.2, -0.15) is 5.10 Å². The highest BCUT2D eigenvalue weighted by Gasteiger charge is 2.28. The number of amides is 1. The second-order valence-electron chi connectivity index (χ2n) is 7.63. The molecule has 1 fully saturated rings. The summed E-state index contributed by atoms with van der Waals surface area (Å²) in [6.45, 7) is 10.1. The van der Waals surface area contributed by atoms with Crippen molar-refractivity contribution >= 4 is 16.8 Å². The van der Waals surface area contributed by atoms with E-state index in [2.05, 4.69) is 5.10 Å². The molecule has 0 bridgehead atoms. The number of hydrogen-bond acceptors (Lipinski definition) is 4. The lowest BCUT2D eigenvalue weighted by atomic mass is 10.0. The number of pyridine rings is 1. The SMILES string of the molecule is CCn1cc(-c2cc(C(=O)N3C[C@@H](C)O[C@@H](C)C3)c3cc(C)ccc3n2)cn1. The highest BCUT2D eigenvalue weighted by atomic mass is 16.5. The lowest BCUT2D eigenvalue weighted by Crippen LogP contribution is -2.48. The molecule has 1 aromatic carbocycles. The average molecular weight is 378 g/mol. The molecule has 3 heterocycles. The van der Waals surface area contributed by atoms with E-state index < -0.39 is 0 Å². The van der Waals surface area contributed by atoms with E-state index in [1.54, 1.807) is 6.20 Å².